The molecule has 0 aromatic carbocycles. The molecule has 6 saturated carbocycles. The third-order valence-electron chi connectivity index (χ3n) is 19.6. The Kier molecular flexibility index (Phi) is 7.58. The summed E-state index contributed by atoms with van der Waals surface area (Å²) in [5, 5.41) is 33.3. The molecular formula is C46H58N2O8. The number of esters is 2. The summed E-state index contributed by atoms with van der Waals surface area (Å²) in [5.74, 6) is 1.16. The Balaban J connectivity index is 0.000000139. The van der Waals surface area contributed by atoms with Crippen molar-refractivity contribution in [1.29, 1.82) is 5.26 Å². The lowest BCUT2D eigenvalue weighted by atomic mass is 9.39. The Bertz CT molecular complexity index is 2000. The van der Waals surface area contributed by atoms with Crippen LogP contribution < -0.4 is 5.73 Å². The number of nitrogens with zero attached hydrogens (tertiary/aromatic N) is 1. The number of carbonyl (C=O) groups excluding carboxylic acids is 4. The maximum Gasteiger partial charge on any atom is 0.306 e. The molecule has 2 bridgehead atoms. The Morgan fingerprint density at radius 3 is 1.96 bits per heavy atom. The summed E-state index contributed by atoms with van der Waals surface area (Å²) >= 11 is 0. The van der Waals surface area contributed by atoms with Crippen molar-refractivity contribution in [2.75, 3.05) is 0 Å². The van der Waals surface area contributed by atoms with E-state index in [4.69, 9.17) is 15.2 Å². The molecule has 4 N–H and O–H groups in total. The van der Waals surface area contributed by atoms with Crippen LogP contribution in [0.25, 0.3) is 0 Å². The number of aliphatic hydroxyl groups is 2. The zero-order valence-corrected chi connectivity index (χ0v) is 33.4. The van der Waals surface area contributed by atoms with Gasteiger partial charge in [0.25, 0.3) is 0 Å². The zero-order chi connectivity index (χ0) is 39.6. The van der Waals surface area contributed by atoms with Gasteiger partial charge >= 0.3 is 11.9 Å². The number of hydrogen-bond donors (Lipinski definition) is 3. The number of nitriles is 1. The van der Waals surface area contributed by atoms with Crippen LogP contribution in [0.15, 0.2) is 35.1 Å². The van der Waals surface area contributed by atoms with E-state index in [2.05, 4.69) is 45.9 Å². The van der Waals surface area contributed by atoms with Crippen molar-refractivity contribution in [1.82, 2.24) is 0 Å². The van der Waals surface area contributed by atoms with E-state index in [9.17, 15) is 34.7 Å². The smallest absolute Gasteiger partial charge is 0.306 e. The van der Waals surface area contributed by atoms with Crippen LogP contribution in [0.5, 0.6) is 0 Å². The van der Waals surface area contributed by atoms with E-state index in [1.54, 1.807) is 6.08 Å². The van der Waals surface area contributed by atoms with Gasteiger partial charge in [-0.15, -0.1) is 0 Å². The van der Waals surface area contributed by atoms with Gasteiger partial charge in [-0.3, -0.25) is 19.2 Å². The quantitative estimate of drug-likeness (QED) is 0.250. The minimum absolute atomic E-state index is 0.0255. The van der Waals surface area contributed by atoms with E-state index in [-0.39, 0.29) is 80.9 Å². The number of Topliss-reactive ketones (excluding diaryl/α,β-unsaturated/α-hetero) is 1. The van der Waals surface area contributed by atoms with Gasteiger partial charge in [0, 0.05) is 59.6 Å². The van der Waals surface area contributed by atoms with Gasteiger partial charge in [-0.1, -0.05) is 39.8 Å². The summed E-state index contributed by atoms with van der Waals surface area (Å²) in [6.07, 6.45) is 15.7. The number of allylic oxidation sites excluding steroid dienone is 6. The van der Waals surface area contributed by atoms with Gasteiger partial charge in [-0.05, 0) is 123 Å². The second kappa shape index (κ2) is 11.5. The molecule has 0 amide bonds. The standard InChI is InChI=1S/C24H30N2O4.C22H28O4/c1-21-6-4-14(27)19-20(26)12(9-23(19,21)11-25)17-13-3-7-24(8-5-16(29)30-24)22(13,2)10-15(28)18(17)21;1-20-8-5-14(23)11-13(20)3-4-15-16-6-9-22(10-7-18(25)26-22)21(16,2)12-17(24)19(15)20/h12-13,15,17-18,28H,3-10,26H2,1-2H3;3-4,11,15-17,19,24H,5-10,12H2,1-2H3/t12-,13?,15-,17?,18?,21?,22?,23+,24-;15?,16?,17-,19?,20?,21?,22-/m11/s1. The topological polar surface area (TPSA) is 177 Å². The number of carbonyl (C=O) groups is 4. The first-order valence-corrected chi connectivity index (χ1v) is 21.6. The van der Waals surface area contributed by atoms with Gasteiger partial charge in [0.2, 0.25) is 0 Å². The molecule has 9 aliphatic carbocycles. The maximum atomic E-state index is 12.9. The minimum atomic E-state index is -0.872. The minimum Gasteiger partial charge on any atom is -0.458 e. The van der Waals surface area contributed by atoms with Crippen molar-refractivity contribution in [2.24, 2.45) is 74.2 Å². The number of fused-ring (bicyclic) bond motifs is 13. The van der Waals surface area contributed by atoms with Crippen LogP contribution in [0.2, 0.25) is 0 Å². The Morgan fingerprint density at radius 1 is 0.750 bits per heavy atom. The SMILES string of the molecule is CC12CCC(=O)C=C1C=CC1C2[C@H](O)CC2(C)C1CC[C@@]21CCC(=O)O1.CC12C[C@@H](O)C3C(C1CC[C@@]21CCC(=O)O1)[C@H]1C[C@]2(C#N)C(=C1N)C(=O)CCC32C. The molecule has 16 atom stereocenters. The van der Waals surface area contributed by atoms with Gasteiger partial charge < -0.3 is 25.4 Å². The van der Waals surface area contributed by atoms with Crippen LogP contribution in [0.4, 0.5) is 0 Å². The first kappa shape index (κ1) is 37.0. The van der Waals surface area contributed by atoms with Crippen molar-refractivity contribution in [3.63, 3.8) is 0 Å². The van der Waals surface area contributed by atoms with Crippen molar-refractivity contribution >= 4 is 23.5 Å². The fourth-order valence-corrected chi connectivity index (χ4v) is 17.0. The van der Waals surface area contributed by atoms with Gasteiger partial charge in [-0.25, -0.2) is 0 Å². The highest BCUT2D eigenvalue weighted by atomic mass is 16.6. The molecule has 2 saturated heterocycles. The number of aliphatic hydroxyl groups excluding tert-OH is 2. The van der Waals surface area contributed by atoms with E-state index >= 15 is 0 Å². The Hall–Kier alpha value is -3.29. The molecule has 2 aliphatic heterocycles. The van der Waals surface area contributed by atoms with Gasteiger partial charge in [0.15, 0.2) is 11.6 Å². The largest absolute Gasteiger partial charge is 0.458 e. The average molecular weight is 767 g/mol. The first-order valence-electron chi connectivity index (χ1n) is 21.6. The number of ether oxygens (including phenoxy) is 2. The summed E-state index contributed by atoms with van der Waals surface area (Å²) in [4.78, 5) is 48.8. The fourth-order valence-electron chi connectivity index (χ4n) is 17.0. The molecule has 0 aromatic rings. The average Bonchev–Trinajstić information content (AvgIpc) is 3.93. The molecule has 0 radical (unpaired) electrons. The third-order valence-corrected chi connectivity index (χ3v) is 19.6. The second-order valence-corrected chi connectivity index (χ2v) is 21.2. The Morgan fingerprint density at radius 2 is 1.36 bits per heavy atom. The van der Waals surface area contributed by atoms with Crippen LogP contribution in [0.1, 0.15) is 124 Å². The molecule has 0 aromatic heterocycles. The highest BCUT2D eigenvalue weighted by Crippen LogP contribution is 2.77. The van der Waals surface area contributed by atoms with E-state index in [0.29, 0.717) is 68.6 Å². The van der Waals surface area contributed by atoms with Crippen LogP contribution in [0, 0.1) is 79.8 Å². The molecule has 11 rings (SSSR count). The van der Waals surface area contributed by atoms with E-state index < -0.39 is 28.6 Å². The summed E-state index contributed by atoms with van der Waals surface area (Å²) < 4.78 is 11.9. The van der Waals surface area contributed by atoms with Crippen LogP contribution >= 0.6 is 0 Å². The summed E-state index contributed by atoms with van der Waals surface area (Å²) in [6.45, 7) is 8.81. The predicted octanol–water partition coefficient (Wildman–Crippen LogP) is 5.94. The molecule has 300 valence electrons. The molecule has 2 heterocycles. The Labute approximate surface area is 329 Å². The van der Waals surface area contributed by atoms with Crippen molar-refractivity contribution in [3.8, 4) is 6.07 Å². The predicted molar refractivity (Wildman–Crippen MR) is 202 cm³/mol. The van der Waals surface area contributed by atoms with E-state index in [1.807, 2.05) is 0 Å². The van der Waals surface area contributed by atoms with Crippen LogP contribution in [-0.4, -0.2) is 57.1 Å². The fraction of sp³-hybridized carbons (Fsp3) is 0.761. The molecule has 2 spiro atoms. The van der Waals surface area contributed by atoms with Crippen LogP contribution in [0.3, 0.4) is 0 Å². The molecule has 10 unspecified atom stereocenters. The number of rotatable bonds is 0. The third kappa shape index (κ3) is 4.20. The van der Waals surface area contributed by atoms with Gasteiger partial charge in [0.1, 0.15) is 11.2 Å². The molecule has 8 fully saturated rings. The van der Waals surface area contributed by atoms with Crippen molar-refractivity contribution < 1.29 is 38.9 Å². The van der Waals surface area contributed by atoms with E-state index in [1.165, 1.54) is 0 Å². The summed E-state index contributed by atoms with van der Waals surface area (Å²) in [7, 11) is 0. The molecule has 11 aliphatic rings. The van der Waals surface area contributed by atoms with E-state index in [0.717, 1.165) is 50.5 Å². The monoisotopic (exact) mass is 766 g/mol. The van der Waals surface area contributed by atoms with Crippen LogP contribution in [-0.2, 0) is 28.7 Å². The number of nitrogens with two attached hydrogens (primary N) is 1. The number of ketones is 2. The van der Waals surface area contributed by atoms with Crippen molar-refractivity contribution in [2.45, 2.75) is 147 Å². The second-order valence-electron chi connectivity index (χ2n) is 21.2. The highest BCUT2D eigenvalue weighted by Gasteiger charge is 2.77. The highest BCUT2D eigenvalue weighted by molar-refractivity contribution is 6.00. The summed E-state index contributed by atoms with van der Waals surface area (Å²) in [6, 6.07) is 2.55. The van der Waals surface area contributed by atoms with Gasteiger partial charge in [-0.2, -0.15) is 5.26 Å². The molecule has 10 nitrogen and oxygen atoms in total. The lowest BCUT2D eigenvalue weighted by molar-refractivity contribution is -0.209. The first-order chi connectivity index (χ1) is 26.4. The lowest BCUT2D eigenvalue weighted by Gasteiger charge is -2.64. The van der Waals surface area contributed by atoms with Gasteiger partial charge in [0.05, 0.1) is 23.7 Å². The maximum absolute atomic E-state index is 12.9. The molecule has 10 heteroatoms. The number of hydrogen-bond acceptors (Lipinski definition) is 10. The summed E-state index contributed by atoms with van der Waals surface area (Å²) in [5.41, 5.74) is 6.15. The van der Waals surface area contributed by atoms with Crippen molar-refractivity contribution in [3.05, 3.63) is 35.1 Å². The zero-order valence-electron chi connectivity index (χ0n) is 33.4. The molecular weight excluding hydrogens is 709 g/mol. The molecule has 56 heavy (non-hydrogen) atoms. The normalized spacial score (nSPS) is 54.3. The lowest BCUT2D eigenvalue weighted by Crippen LogP contribution is -2.64.